The van der Waals surface area contributed by atoms with E-state index in [1.54, 1.807) is 0 Å². The molecule has 0 saturated heterocycles. The quantitative estimate of drug-likeness (QED) is 0.617. The molecule has 0 aromatic rings. The molecule has 3 rings (SSSR count). The zero-order valence-corrected chi connectivity index (χ0v) is 15.7. The summed E-state index contributed by atoms with van der Waals surface area (Å²) in [7, 11) is 0. The van der Waals surface area contributed by atoms with Crippen molar-refractivity contribution in [1.29, 1.82) is 0 Å². The van der Waals surface area contributed by atoms with Crippen LogP contribution in [0, 0.1) is 17.8 Å². The molecule has 0 aliphatic heterocycles. The molecular formula is C20H35N3O2. The summed E-state index contributed by atoms with van der Waals surface area (Å²) in [4.78, 5) is 24.0. The van der Waals surface area contributed by atoms with Gasteiger partial charge >= 0.3 is 6.03 Å². The van der Waals surface area contributed by atoms with Crippen molar-refractivity contribution in [3.05, 3.63) is 0 Å². The van der Waals surface area contributed by atoms with Gasteiger partial charge in [-0.3, -0.25) is 4.79 Å². The first-order valence-corrected chi connectivity index (χ1v) is 10.5. The van der Waals surface area contributed by atoms with Gasteiger partial charge in [0.25, 0.3) is 0 Å². The molecule has 3 aliphatic rings. The summed E-state index contributed by atoms with van der Waals surface area (Å²) >= 11 is 0. The Bertz CT molecular complexity index is 462. The summed E-state index contributed by atoms with van der Waals surface area (Å²) in [5.74, 6) is 2.57. The van der Waals surface area contributed by atoms with Crippen molar-refractivity contribution in [2.45, 2.75) is 89.6 Å². The Labute approximate surface area is 152 Å². The van der Waals surface area contributed by atoms with Gasteiger partial charge in [-0.05, 0) is 63.2 Å². The van der Waals surface area contributed by atoms with Crippen molar-refractivity contribution in [2.75, 3.05) is 6.54 Å². The van der Waals surface area contributed by atoms with Gasteiger partial charge in [-0.2, -0.15) is 0 Å². The zero-order valence-electron chi connectivity index (χ0n) is 15.7. The van der Waals surface area contributed by atoms with E-state index >= 15 is 0 Å². The first-order chi connectivity index (χ1) is 12.1. The number of rotatable bonds is 7. The fourth-order valence-electron chi connectivity index (χ4n) is 5.27. The van der Waals surface area contributed by atoms with Gasteiger partial charge in [0.15, 0.2) is 0 Å². The van der Waals surface area contributed by atoms with Crippen LogP contribution in [0.3, 0.4) is 0 Å². The van der Waals surface area contributed by atoms with Crippen molar-refractivity contribution in [1.82, 2.24) is 16.0 Å². The predicted octanol–water partition coefficient (Wildman–Crippen LogP) is 3.34. The van der Waals surface area contributed by atoms with E-state index < -0.39 is 0 Å². The van der Waals surface area contributed by atoms with Crippen LogP contribution in [0.5, 0.6) is 0 Å². The number of carbonyl (C=O) groups excluding carboxylic acids is 2. The van der Waals surface area contributed by atoms with E-state index in [0.717, 1.165) is 24.7 Å². The molecule has 142 valence electrons. The van der Waals surface area contributed by atoms with Gasteiger partial charge in [0.2, 0.25) is 5.91 Å². The lowest BCUT2D eigenvalue weighted by atomic mass is 9.84. The summed E-state index contributed by atoms with van der Waals surface area (Å²) in [6.45, 7) is 2.73. The lowest BCUT2D eigenvalue weighted by Crippen LogP contribution is -2.43. The molecular weight excluding hydrogens is 314 g/mol. The third-order valence-electron chi connectivity index (χ3n) is 6.63. The average Bonchev–Trinajstić information content (AvgIpc) is 3.23. The SMILES string of the molecule is CC(NC(=O)CCCNC(=O)NC1CCCCC1)C1CC2CCC1C2. The van der Waals surface area contributed by atoms with Crippen LogP contribution in [0.1, 0.15) is 77.6 Å². The summed E-state index contributed by atoms with van der Waals surface area (Å²) in [5, 5.41) is 9.12. The fourth-order valence-corrected chi connectivity index (χ4v) is 5.27. The number of hydrogen-bond acceptors (Lipinski definition) is 2. The van der Waals surface area contributed by atoms with Crippen molar-refractivity contribution in [3.63, 3.8) is 0 Å². The van der Waals surface area contributed by atoms with Gasteiger partial charge in [0.1, 0.15) is 0 Å². The Balaban J connectivity index is 1.24. The van der Waals surface area contributed by atoms with Crippen LogP contribution >= 0.6 is 0 Å². The molecule has 5 nitrogen and oxygen atoms in total. The summed E-state index contributed by atoms with van der Waals surface area (Å²) in [5.41, 5.74) is 0. The van der Waals surface area contributed by atoms with Gasteiger partial charge in [-0.1, -0.05) is 25.7 Å². The Morgan fingerprint density at radius 2 is 1.84 bits per heavy atom. The second-order valence-electron chi connectivity index (χ2n) is 8.53. The minimum atomic E-state index is -0.0809. The van der Waals surface area contributed by atoms with E-state index in [2.05, 4.69) is 22.9 Å². The van der Waals surface area contributed by atoms with Crippen LogP contribution in [-0.4, -0.2) is 30.6 Å². The molecule has 3 saturated carbocycles. The molecule has 2 bridgehead atoms. The highest BCUT2D eigenvalue weighted by Gasteiger charge is 2.42. The Morgan fingerprint density at radius 1 is 1.04 bits per heavy atom. The predicted molar refractivity (Wildman–Crippen MR) is 99.2 cm³/mol. The molecule has 4 atom stereocenters. The maximum Gasteiger partial charge on any atom is 0.315 e. The van der Waals surface area contributed by atoms with Crippen LogP contribution in [0.15, 0.2) is 0 Å². The third-order valence-corrected chi connectivity index (χ3v) is 6.63. The monoisotopic (exact) mass is 349 g/mol. The van der Waals surface area contributed by atoms with Gasteiger partial charge in [0, 0.05) is 25.0 Å². The molecule has 0 aromatic heterocycles. The van der Waals surface area contributed by atoms with Crippen LogP contribution in [0.2, 0.25) is 0 Å². The average molecular weight is 350 g/mol. The summed E-state index contributed by atoms with van der Waals surface area (Å²) in [6.07, 6.45) is 12.5. The van der Waals surface area contributed by atoms with Crippen LogP contribution in [0.25, 0.3) is 0 Å². The molecule has 0 aromatic carbocycles. The lowest BCUT2D eigenvalue weighted by molar-refractivity contribution is -0.122. The van der Waals surface area contributed by atoms with E-state index in [1.807, 2.05) is 0 Å². The molecule has 4 unspecified atom stereocenters. The smallest absolute Gasteiger partial charge is 0.315 e. The van der Waals surface area contributed by atoms with E-state index in [0.29, 0.717) is 37.4 Å². The summed E-state index contributed by atoms with van der Waals surface area (Å²) < 4.78 is 0. The van der Waals surface area contributed by atoms with Crippen molar-refractivity contribution in [2.24, 2.45) is 17.8 Å². The molecule has 3 aliphatic carbocycles. The van der Waals surface area contributed by atoms with Crippen molar-refractivity contribution in [3.8, 4) is 0 Å². The number of fused-ring (bicyclic) bond motifs is 2. The highest BCUT2D eigenvalue weighted by molar-refractivity contribution is 5.76. The Morgan fingerprint density at radius 3 is 2.52 bits per heavy atom. The number of urea groups is 1. The minimum absolute atomic E-state index is 0.0809. The van der Waals surface area contributed by atoms with Gasteiger partial charge < -0.3 is 16.0 Å². The number of nitrogens with one attached hydrogen (secondary N) is 3. The maximum atomic E-state index is 12.1. The second-order valence-corrected chi connectivity index (χ2v) is 8.53. The molecule has 25 heavy (non-hydrogen) atoms. The molecule has 0 heterocycles. The maximum absolute atomic E-state index is 12.1. The second kappa shape index (κ2) is 8.91. The first-order valence-electron chi connectivity index (χ1n) is 10.5. The molecule has 3 fully saturated rings. The fraction of sp³-hybridized carbons (Fsp3) is 0.900. The Kier molecular flexibility index (Phi) is 6.60. The van der Waals surface area contributed by atoms with Crippen LogP contribution in [0.4, 0.5) is 4.79 Å². The lowest BCUT2D eigenvalue weighted by Gasteiger charge is -2.28. The van der Waals surface area contributed by atoms with E-state index in [1.165, 1.54) is 44.9 Å². The topological polar surface area (TPSA) is 70.2 Å². The van der Waals surface area contributed by atoms with Crippen LogP contribution < -0.4 is 16.0 Å². The highest BCUT2D eigenvalue weighted by atomic mass is 16.2. The van der Waals surface area contributed by atoms with Gasteiger partial charge in [-0.25, -0.2) is 4.79 Å². The van der Waals surface area contributed by atoms with E-state index in [9.17, 15) is 9.59 Å². The molecule has 5 heteroatoms. The largest absolute Gasteiger partial charge is 0.353 e. The number of hydrogen-bond donors (Lipinski definition) is 3. The molecule has 0 radical (unpaired) electrons. The number of carbonyl (C=O) groups is 2. The molecule has 3 amide bonds. The standard InChI is InChI=1S/C20H35N3O2/c1-14(18-13-15-9-10-16(18)12-15)22-19(24)8-5-11-21-20(25)23-17-6-3-2-4-7-17/h14-18H,2-13H2,1H3,(H,22,24)(H2,21,23,25). The van der Waals surface area contributed by atoms with Crippen molar-refractivity contribution < 1.29 is 9.59 Å². The normalized spacial score (nSPS) is 30.0. The molecule has 3 N–H and O–H groups in total. The van der Waals surface area contributed by atoms with Crippen molar-refractivity contribution >= 4 is 11.9 Å². The first kappa shape index (κ1) is 18.5. The minimum Gasteiger partial charge on any atom is -0.353 e. The molecule has 0 spiro atoms. The van der Waals surface area contributed by atoms with E-state index in [-0.39, 0.29) is 11.9 Å². The van der Waals surface area contributed by atoms with Gasteiger partial charge in [0.05, 0.1) is 0 Å². The van der Waals surface area contributed by atoms with Gasteiger partial charge in [-0.15, -0.1) is 0 Å². The highest BCUT2D eigenvalue weighted by Crippen LogP contribution is 2.49. The van der Waals surface area contributed by atoms with E-state index in [4.69, 9.17) is 0 Å². The third kappa shape index (κ3) is 5.35. The summed E-state index contributed by atoms with van der Waals surface area (Å²) in [6, 6.07) is 0.549. The zero-order chi connectivity index (χ0) is 17.6. The van der Waals surface area contributed by atoms with Crippen LogP contribution in [-0.2, 0) is 4.79 Å². The Hall–Kier alpha value is -1.26. The number of amides is 3.